The van der Waals surface area contributed by atoms with Crippen LogP contribution >= 0.6 is 11.3 Å². The first-order valence-electron chi connectivity index (χ1n) is 8.85. The number of anilines is 1. The zero-order valence-corrected chi connectivity index (χ0v) is 15.9. The second-order valence-electron chi connectivity index (χ2n) is 6.49. The summed E-state index contributed by atoms with van der Waals surface area (Å²) in [5.74, 6) is -0.659. The maximum atomic E-state index is 14.3. The molecule has 1 saturated heterocycles. The lowest BCUT2D eigenvalue weighted by Crippen LogP contribution is -2.49. The summed E-state index contributed by atoms with van der Waals surface area (Å²) in [7, 11) is 0. The first-order valence-corrected chi connectivity index (χ1v) is 9.73. The smallest absolute Gasteiger partial charge is 0.223 e. The summed E-state index contributed by atoms with van der Waals surface area (Å²) in [4.78, 5) is 40.0. The van der Waals surface area contributed by atoms with Crippen molar-refractivity contribution in [3.63, 3.8) is 0 Å². The van der Waals surface area contributed by atoms with E-state index in [2.05, 4.69) is 0 Å². The van der Waals surface area contributed by atoms with Gasteiger partial charge in [-0.05, 0) is 36.6 Å². The molecule has 3 rings (SSSR count). The molecule has 2 heterocycles. The van der Waals surface area contributed by atoms with Gasteiger partial charge in [0.2, 0.25) is 5.91 Å². The Morgan fingerprint density at radius 2 is 1.81 bits per heavy atom. The van der Waals surface area contributed by atoms with E-state index in [-0.39, 0.29) is 30.3 Å². The summed E-state index contributed by atoms with van der Waals surface area (Å²) in [5.41, 5.74) is 0.792. The topological polar surface area (TPSA) is 57.7 Å². The molecule has 0 N–H and O–H groups in total. The lowest BCUT2D eigenvalue weighted by molar-refractivity contribution is -0.131. The van der Waals surface area contributed by atoms with Crippen LogP contribution in [0.15, 0.2) is 35.7 Å². The van der Waals surface area contributed by atoms with Gasteiger partial charge in [0.25, 0.3) is 0 Å². The number of piperazine rings is 1. The molecular formula is C20H21FN2O3S. The van der Waals surface area contributed by atoms with Crippen LogP contribution in [0.25, 0.3) is 0 Å². The van der Waals surface area contributed by atoms with Gasteiger partial charge in [0.1, 0.15) is 5.82 Å². The molecule has 0 unspecified atom stereocenters. The number of carbonyl (C=O) groups is 3. The quantitative estimate of drug-likeness (QED) is 0.712. The summed E-state index contributed by atoms with van der Waals surface area (Å²) >= 11 is 1.38. The van der Waals surface area contributed by atoms with Crippen molar-refractivity contribution in [2.24, 2.45) is 0 Å². The fourth-order valence-corrected chi connectivity index (χ4v) is 3.81. The Hall–Kier alpha value is -2.54. The third-order valence-corrected chi connectivity index (χ3v) is 5.60. The van der Waals surface area contributed by atoms with Crippen molar-refractivity contribution in [2.45, 2.75) is 19.8 Å². The summed E-state index contributed by atoms with van der Waals surface area (Å²) < 4.78 is 14.3. The Kier molecular flexibility index (Phi) is 6.01. The maximum absolute atomic E-state index is 14.3. The number of benzene rings is 1. The highest BCUT2D eigenvalue weighted by atomic mass is 32.1. The van der Waals surface area contributed by atoms with Crippen LogP contribution in [0.3, 0.4) is 0 Å². The van der Waals surface area contributed by atoms with Crippen LogP contribution in [0.1, 0.15) is 39.8 Å². The van der Waals surface area contributed by atoms with Crippen LogP contribution in [-0.2, 0) is 4.79 Å². The third-order valence-electron chi connectivity index (χ3n) is 4.69. The van der Waals surface area contributed by atoms with E-state index in [0.29, 0.717) is 42.3 Å². The Morgan fingerprint density at radius 3 is 2.41 bits per heavy atom. The van der Waals surface area contributed by atoms with Crippen LogP contribution in [-0.4, -0.2) is 48.6 Å². The summed E-state index contributed by atoms with van der Waals surface area (Å²) in [6.45, 7) is 3.41. The number of hydrogen-bond acceptors (Lipinski definition) is 5. The largest absolute Gasteiger partial charge is 0.366 e. The average Bonchev–Trinajstić information content (AvgIpc) is 3.21. The number of amides is 1. The molecule has 0 bridgehead atoms. The van der Waals surface area contributed by atoms with Crippen molar-refractivity contribution in [1.29, 1.82) is 0 Å². The van der Waals surface area contributed by atoms with Crippen LogP contribution in [0.4, 0.5) is 10.1 Å². The van der Waals surface area contributed by atoms with Crippen molar-refractivity contribution in [1.82, 2.24) is 4.90 Å². The normalized spacial score (nSPS) is 14.3. The molecule has 1 aromatic heterocycles. The van der Waals surface area contributed by atoms with Crippen molar-refractivity contribution < 1.29 is 18.8 Å². The van der Waals surface area contributed by atoms with E-state index < -0.39 is 5.82 Å². The Bertz CT molecular complexity index is 843. The zero-order chi connectivity index (χ0) is 19.4. The third kappa shape index (κ3) is 4.60. The molecule has 1 fully saturated rings. The molecular weight excluding hydrogens is 367 g/mol. The van der Waals surface area contributed by atoms with E-state index in [9.17, 15) is 18.8 Å². The van der Waals surface area contributed by atoms with E-state index >= 15 is 0 Å². The molecule has 0 atom stereocenters. The van der Waals surface area contributed by atoms with Crippen LogP contribution < -0.4 is 4.90 Å². The first kappa shape index (κ1) is 19.2. The van der Waals surface area contributed by atoms with E-state index in [1.54, 1.807) is 23.1 Å². The van der Waals surface area contributed by atoms with Crippen molar-refractivity contribution in [2.75, 3.05) is 31.1 Å². The van der Waals surface area contributed by atoms with Gasteiger partial charge in [-0.1, -0.05) is 6.07 Å². The first-order chi connectivity index (χ1) is 13.0. The minimum Gasteiger partial charge on any atom is -0.366 e. The molecule has 1 amide bonds. The minimum absolute atomic E-state index is 0.00961. The number of carbonyl (C=O) groups excluding carboxylic acids is 3. The number of thiophene rings is 1. The summed E-state index contributed by atoms with van der Waals surface area (Å²) in [5, 5.41) is 1.84. The molecule has 7 heteroatoms. The van der Waals surface area contributed by atoms with Gasteiger partial charge in [-0.25, -0.2) is 4.39 Å². The number of ketones is 2. The van der Waals surface area contributed by atoms with Gasteiger partial charge < -0.3 is 9.80 Å². The highest BCUT2D eigenvalue weighted by Gasteiger charge is 2.23. The van der Waals surface area contributed by atoms with Gasteiger partial charge in [-0.15, -0.1) is 11.3 Å². The Balaban J connectivity index is 1.52. The number of Topliss-reactive ketones (excluding diaryl/α,β-unsaturated/α-hetero) is 2. The number of halogens is 1. The molecule has 1 aliphatic heterocycles. The Morgan fingerprint density at radius 1 is 1.07 bits per heavy atom. The van der Waals surface area contributed by atoms with E-state index in [4.69, 9.17) is 0 Å². The summed E-state index contributed by atoms with van der Waals surface area (Å²) in [6.07, 6.45) is 0.402. The predicted molar refractivity (Wildman–Crippen MR) is 103 cm³/mol. The van der Waals surface area contributed by atoms with Gasteiger partial charge in [0.15, 0.2) is 11.6 Å². The highest BCUT2D eigenvalue weighted by Crippen LogP contribution is 2.22. The highest BCUT2D eigenvalue weighted by molar-refractivity contribution is 7.12. The molecule has 0 radical (unpaired) electrons. The summed E-state index contributed by atoms with van der Waals surface area (Å²) in [6, 6.07) is 8.08. The van der Waals surface area contributed by atoms with Crippen LogP contribution in [0, 0.1) is 5.82 Å². The zero-order valence-electron chi connectivity index (χ0n) is 15.1. The molecule has 142 valence electrons. The second-order valence-corrected chi connectivity index (χ2v) is 7.44. The molecule has 2 aromatic rings. The lowest BCUT2D eigenvalue weighted by atomic mass is 10.1. The van der Waals surface area contributed by atoms with Crippen molar-refractivity contribution in [3.8, 4) is 0 Å². The van der Waals surface area contributed by atoms with E-state index in [1.807, 2.05) is 16.3 Å². The SMILES string of the molecule is CC(=O)c1ccc(N2CCN(C(=O)CCC(=O)c3cccs3)CC2)c(F)c1. The van der Waals surface area contributed by atoms with Crippen LogP contribution in [0.5, 0.6) is 0 Å². The van der Waals surface area contributed by atoms with Gasteiger partial charge in [0.05, 0.1) is 10.6 Å². The van der Waals surface area contributed by atoms with Gasteiger partial charge in [-0.2, -0.15) is 0 Å². The number of hydrogen-bond donors (Lipinski definition) is 0. The van der Waals surface area contributed by atoms with E-state index in [1.165, 1.54) is 24.3 Å². The maximum Gasteiger partial charge on any atom is 0.223 e. The fourth-order valence-electron chi connectivity index (χ4n) is 3.12. The molecule has 0 saturated carbocycles. The van der Waals surface area contributed by atoms with Gasteiger partial charge in [-0.3, -0.25) is 14.4 Å². The molecule has 0 aliphatic carbocycles. The van der Waals surface area contributed by atoms with Crippen molar-refractivity contribution in [3.05, 3.63) is 52.0 Å². The monoisotopic (exact) mass is 388 g/mol. The Labute approximate surface area is 161 Å². The van der Waals surface area contributed by atoms with Crippen LogP contribution in [0.2, 0.25) is 0 Å². The standard InChI is InChI=1S/C20H21FN2O3S/c1-14(24)15-4-5-17(16(21)13-15)22-8-10-23(11-9-22)20(26)7-6-18(25)19-3-2-12-27-19/h2-5,12-13H,6-11H2,1H3. The molecule has 1 aromatic carbocycles. The second kappa shape index (κ2) is 8.43. The average molecular weight is 388 g/mol. The number of nitrogens with zero attached hydrogens (tertiary/aromatic N) is 2. The predicted octanol–water partition coefficient (Wildman–Crippen LogP) is 3.40. The van der Waals surface area contributed by atoms with Gasteiger partial charge in [0, 0.05) is 44.6 Å². The van der Waals surface area contributed by atoms with Gasteiger partial charge >= 0.3 is 0 Å². The number of rotatable bonds is 6. The molecule has 5 nitrogen and oxygen atoms in total. The molecule has 1 aliphatic rings. The molecule has 0 spiro atoms. The van der Waals surface area contributed by atoms with Crippen molar-refractivity contribution >= 4 is 34.5 Å². The fraction of sp³-hybridized carbons (Fsp3) is 0.350. The van der Waals surface area contributed by atoms with E-state index in [0.717, 1.165) is 0 Å². The lowest BCUT2D eigenvalue weighted by Gasteiger charge is -2.36. The molecule has 27 heavy (non-hydrogen) atoms. The minimum atomic E-state index is -0.427.